The molecule has 6 nitrogen and oxygen atoms in total. The van der Waals surface area contributed by atoms with Gasteiger partial charge in [-0.3, -0.25) is 4.99 Å². The van der Waals surface area contributed by atoms with Crippen LogP contribution in [0.25, 0.3) is 0 Å². The topological polar surface area (TPSA) is 73.8 Å². The molecule has 0 radical (unpaired) electrons. The second kappa shape index (κ2) is 13.3. The lowest BCUT2D eigenvalue weighted by Crippen LogP contribution is -2.39. The van der Waals surface area contributed by atoms with Gasteiger partial charge in [-0.15, -0.1) is 24.0 Å². The maximum atomic E-state index is 12.5. The smallest absolute Gasteiger partial charge is 0.242 e. The van der Waals surface area contributed by atoms with Crippen molar-refractivity contribution in [2.24, 2.45) is 10.9 Å². The molecule has 0 aromatic heterocycles. The molecular formula is C19H35IN4O2S. The van der Waals surface area contributed by atoms with Gasteiger partial charge in [-0.25, -0.2) is 12.7 Å². The number of hydrogen-bond acceptors (Lipinski definition) is 3. The first kappa shape index (κ1) is 26.1. The normalized spacial score (nSPS) is 13.2. The highest BCUT2D eigenvalue weighted by Gasteiger charge is 2.20. The lowest BCUT2D eigenvalue weighted by molar-refractivity contribution is 0.443. The highest BCUT2D eigenvalue weighted by atomic mass is 127. The second-order valence-corrected chi connectivity index (χ2v) is 8.74. The molecule has 1 atom stereocenters. The van der Waals surface area contributed by atoms with Crippen LogP contribution in [-0.4, -0.2) is 46.4 Å². The monoisotopic (exact) mass is 510 g/mol. The van der Waals surface area contributed by atoms with E-state index < -0.39 is 10.0 Å². The molecule has 0 spiro atoms. The molecule has 1 aromatic carbocycles. The van der Waals surface area contributed by atoms with Gasteiger partial charge in [0.25, 0.3) is 0 Å². The van der Waals surface area contributed by atoms with E-state index in [1.165, 1.54) is 23.6 Å². The minimum Gasteiger partial charge on any atom is -0.356 e. The average Bonchev–Trinajstić information content (AvgIpc) is 2.64. The van der Waals surface area contributed by atoms with Gasteiger partial charge in [0.2, 0.25) is 10.0 Å². The van der Waals surface area contributed by atoms with E-state index in [1.54, 1.807) is 33.3 Å². The lowest BCUT2D eigenvalue weighted by Gasteiger charge is -2.19. The summed E-state index contributed by atoms with van der Waals surface area (Å²) in [4.78, 5) is 4.57. The molecule has 1 unspecified atom stereocenters. The minimum absolute atomic E-state index is 0. The maximum absolute atomic E-state index is 12.5. The van der Waals surface area contributed by atoms with Crippen LogP contribution in [-0.2, 0) is 16.6 Å². The third-order valence-corrected chi connectivity index (χ3v) is 6.42. The fourth-order valence-electron chi connectivity index (χ4n) is 2.68. The van der Waals surface area contributed by atoms with Gasteiger partial charge in [-0.05, 0) is 24.0 Å². The van der Waals surface area contributed by atoms with E-state index in [2.05, 4.69) is 29.5 Å². The van der Waals surface area contributed by atoms with Crippen LogP contribution in [0.4, 0.5) is 0 Å². The zero-order chi connectivity index (χ0) is 19.6. The Balaban J connectivity index is 0.00000676. The van der Waals surface area contributed by atoms with E-state index in [-0.39, 0.29) is 24.0 Å². The van der Waals surface area contributed by atoms with Gasteiger partial charge in [0, 0.05) is 34.2 Å². The van der Waals surface area contributed by atoms with Crippen molar-refractivity contribution in [3.05, 3.63) is 29.8 Å². The molecule has 2 N–H and O–H groups in total. The third-order valence-electron chi connectivity index (χ3n) is 4.50. The largest absolute Gasteiger partial charge is 0.356 e. The number of nitrogens with zero attached hydrogens (tertiary/aromatic N) is 2. The summed E-state index contributed by atoms with van der Waals surface area (Å²) < 4.78 is 26.2. The maximum Gasteiger partial charge on any atom is 0.242 e. The Morgan fingerprint density at radius 3 is 2.41 bits per heavy atom. The van der Waals surface area contributed by atoms with Crippen molar-refractivity contribution in [2.45, 2.75) is 51.0 Å². The van der Waals surface area contributed by atoms with Crippen molar-refractivity contribution in [3.63, 3.8) is 0 Å². The molecule has 156 valence electrons. The van der Waals surface area contributed by atoms with Crippen molar-refractivity contribution >= 4 is 40.0 Å². The number of hydrogen-bond donors (Lipinski definition) is 2. The average molecular weight is 510 g/mol. The molecule has 0 aliphatic rings. The summed E-state index contributed by atoms with van der Waals surface area (Å²) in [5, 5.41) is 6.59. The molecule has 0 amide bonds. The van der Waals surface area contributed by atoms with Crippen LogP contribution in [0.2, 0.25) is 0 Å². The number of halogens is 1. The Labute approximate surface area is 182 Å². The van der Waals surface area contributed by atoms with Crippen LogP contribution >= 0.6 is 24.0 Å². The fraction of sp³-hybridized carbons (Fsp3) is 0.632. The minimum atomic E-state index is -3.47. The van der Waals surface area contributed by atoms with Crippen molar-refractivity contribution in [1.82, 2.24) is 14.9 Å². The number of aliphatic imine (C=N–C) groups is 1. The Morgan fingerprint density at radius 2 is 1.85 bits per heavy atom. The summed E-state index contributed by atoms with van der Waals surface area (Å²) in [7, 11) is 1.34. The van der Waals surface area contributed by atoms with E-state index in [9.17, 15) is 8.42 Å². The summed E-state index contributed by atoms with van der Waals surface area (Å²) in [6.45, 7) is 5.68. The number of sulfonamides is 1. The van der Waals surface area contributed by atoms with Gasteiger partial charge < -0.3 is 10.6 Å². The molecule has 0 heterocycles. The molecule has 0 aliphatic carbocycles. The quantitative estimate of drug-likeness (QED) is 0.288. The molecule has 1 rings (SSSR count). The number of guanidine groups is 1. The van der Waals surface area contributed by atoms with E-state index in [0.29, 0.717) is 23.3 Å². The number of rotatable bonds is 10. The number of benzene rings is 1. The number of unbranched alkanes of at least 4 members (excludes halogenated alkanes) is 1. The predicted octanol–water partition coefficient (Wildman–Crippen LogP) is 3.44. The zero-order valence-electron chi connectivity index (χ0n) is 17.2. The van der Waals surface area contributed by atoms with Crippen molar-refractivity contribution in [2.75, 3.05) is 27.7 Å². The van der Waals surface area contributed by atoms with Gasteiger partial charge in [-0.1, -0.05) is 51.3 Å². The predicted molar refractivity (Wildman–Crippen MR) is 124 cm³/mol. The van der Waals surface area contributed by atoms with Crippen LogP contribution in [0, 0.1) is 5.92 Å². The van der Waals surface area contributed by atoms with Gasteiger partial charge >= 0.3 is 0 Å². The van der Waals surface area contributed by atoms with Crippen LogP contribution in [0.1, 0.15) is 45.1 Å². The molecule has 8 heteroatoms. The van der Waals surface area contributed by atoms with E-state index in [4.69, 9.17) is 0 Å². The van der Waals surface area contributed by atoms with Crippen LogP contribution in [0.5, 0.6) is 0 Å². The van der Waals surface area contributed by atoms with Gasteiger partial charge in [0.1, 0.15) is 0 Å². The first-order valence-corrected chi connectivity index (χ1v) is 10.8. The van der Waals surface area contributed by atoms with Crippen molar-refractivity contribution in [3.8, 4) is 0 Å². The van der Waals surface area contributed by atoms with E-state index in [0.717, 1.165) is 18.5 Å². The van der Waals surface area contributed by atoms with E-state index in [1.807, 2.05) is 12.1 Å². The molecule has 0 bridgehead atoms. The van der Waals surface area contributed by atoms with Crippen LogP contribution < -0.4 is 10.6 Å². The van der Waals surface area contributed by atoms with Crippen molar-refractivity contribution in [1.29, 1.82) is 0 Å². The first-order chi connectivity index (χ1) is 12.4. The fourth-order valence-corrected chi connectivity index (χ4v) is 3.80. The van der Waals surface area contributed by atoms with Crippen LogP contribution in [0.15, 0.2) is 34.2 Å². The Kier molecular flexibility index (Phi) is 12.9. The first-order valence-electron chi connectivity index (χ1n) is 9.31. The van der Waals surface area contributed by atoms with Gasteiger partial charge in [0.15, 0.2) is 5.96 Å². The Morgan fingerprint density at radius 1 is 1.19 bits per heavy atom. The molecule has 27 heavy (non-hydrogen) atoms. The SMILES string of the molecule is CCCCC(CC)CNC(=NC)NCc1ccccc1S(=O)(=O)N(C)C.I. The highest BCUT2D eigenvalue weighted by molar-refractivity contribution is 14.0. The Hall–Kier alpha value is -0.870. The Bertz CT molecular complexity index is 678. The molecule has 0 aliphatic heterocycles. The molecular weight excluding hydrogens is 475 g/mol. The molecule has 0 saturated carbocycles. The summed E-state index contributed by atoms with van der Waals surface area (Å²) in [5.41, 5.74) is 0.724. The van der Waals surface area contributed by atoms with E-state index >= 15 is 0 Å². The van der Waals surface area contributed by atoms with Gasteiger partial charge in [-0.2, -0.15) is 0 Å². The summed E-state index contributed by atoms with van der Waals surface area (Å²) >= 11 is 0. The second-order valence-electron chi connectivity index (χ2n) is 6.62. The lowest BCUT2D eigenvalue weighted by atomic mass is 9.99. The van der Waals surface area contributed by atoms with Crippen molar-refractivity contribution < 1.29 is 8.42 Å². The molecule has 0 saturated heterocycles. The third kappa shape index (κ3) is 8.35. The highest BCUT2D eigenvalue weighted by Crippen LogP contribution is 2.18. The van der Waals surface area contributed by atoms with Gasteiger partial charge in [0.05, 0.1) is 4.90 Å². The summed E-state index contributed by atoms with van der Waals surface area (Å²) in [6, 6.07) is 7.05. The standard InChI is InChI=1S/C19H34N4O2S.HI/c1-6-8-11-16(7-2)14-21-19(20-3)22-15-17-12-9-10-13-18(17)26(24,25)23(4)5;/h9-10,12-13,16H,6-8,11,14-15H2,1-5H3,(H2,20,21,22);1H. The zero-order valence-corrected chi connectivity index (χ0v) is 20.3. The van der Waals surface area contributed by atoms with Crippen LogP contribution in [0.3, 0.4) is 0 Å². The summed E-state index contributed by atoms with van der Waals surface area (Å²) in [5.74, 6) is 1.31. The summed E-state index contributed by atoms with van der Waals surface area (Å²) in [6.07, 6.45) is 4.79. The molecule has 1 aromatic rings. The molecule has 0 fully saturated rings. The number of nitrogens with one attached hydrogen (secondary N) is 2.